The van der Waals surface area contributed by atoms with E-state index in [0.29, 0.717) is 5.56 Å². The van der Waals surface area contributed by atoms with Crippen LogP contribution in [0.15, 0.2) is 54.6 Å². The average Bonchev–Trinajstić information content (AvgIpc) is 2.82. The molecule has 0 unspecified atom stereocenters. The van der Waals surface area contributed by atoms with E-state index in [-0.39, 0.29) is 19.6 Å². The number of hydrogen-bond donors (Lipinski definition) is 1. The highest BCUT2D eigenvalue weighted by Gasteiger charge is 2.26. The van der Waals surface area contributed by atoms with Gasteiger partial charge in [-0.3, -0.25) is 4.79 Å². The zero-order valence-electron chi connectivity index (χ0n) is 17.6. The zero-order valence-corrected chi connectivity index (χ0v) is 17.6. The lowest BCUT2D eigenvalue weighted by molar-refractivity contribution is -0.124. The Morgan fingerprint density at radius 3 is 2.69 bits per heavy atom. The molecule has 0 bridgehead atoms. The second-order valence-electron chi connectivity index (χ2n) is 7.60. The van der Waals surface area contributed by atoms with Crippen LogP contribution in [0.25, 0.3) is 22.6 Å². The van der Waals surface area contributed by atoms with Crippen molar-refractivity contribution in [3.05, 3.63) is 77.0 Å². The zero-order chi connectivity index (χ0) is 22.3. The van der Waals surface area contributed by atoms with Crippen molar-refractivity contribution >= 4 is 34.4 Å². The van der Waals surface area contributed by atoms with Gasteiger partial charge in [-0.05, 0) is 48.1 Å². The van der Waals surface area contributed by atoms with E-state index in [1.54, 1.807) is 0 Å². The number of nitrogens with zero attached hydrogens (tertiary/aromatic N) is 2. The third-order valence-corrected chi connectivity index (χ3v) is 5.41. The maximum absolute atomic E-state index is 13.1. The van der Waals surface area contributed by atoms with Gasteiger partial charge in [0.15, 0.2) is 6.61 Å². The smallest absolute Gasteiger partial charge is 0.339 e. The largest absolute Gasteiger partial charge is 0.452 e. The molecule has 1 amide bonds. The normalized spacial score (nSPS) is 13.9. The number of carbonyl (C=O) groups is 2. The highest BCUT2D eigenvalue weighted by atomic mass is 16.5. The Hall–Kier alpha value is -3.98. The van der Waals surface area contributed by atoms with Crippen LogP contribution in [0.4, 0.5) is 0 Å². The molecule has 160 valence electrons. The number of pyridine rings is 1. The Labute approximate surface area is 186 Å². The molecule has 6 heteroatoms. The number of esters is 1. The molecule has 2 aromatic carbocycles. The van der Waals surface area contributed by atoms with Crippen LogP contribution in [0.5, 0.6) is 0 Å². The van der Waals surface area contributed by atoms with Gasteiger partial charge in [0.05, 0.1) is 29.3 Å². The second-order valence-corrected chi connectivity index (χ2v) is 7.60. The summed E-state index contributed by atoms with van der Waals surface area (Å²) < 4.78 is 5.37. The molecule has 1 aliphatic carbocycles. The van der Waals surface area contributed by atoms with Crippen molar-refractivity contribution < 1.29 is 14.3 Å². The molecule has 0 fully saturated rings. The quantitative estimate of drug-likeness (QED) is 0.470. The van der Waals surface area contributed by atoms with E-state index >= 15 is 0 Å². The maximum Gasteiger partial charge on any atom is 0.339 e. The van der Waals surface area contributed by atoms with Gasteiger partial charge in [0.2, 0.25) is 0 Å². The highest BCUT2D eigenvalue weighted by molar-refractivity contribution is 6.07. The summed E-state index contributed by atoms with van der Waals surface area (Å²) in [7, 11) is 0. The second kappa shape index (κ2) is 9.88. The minimum Gasteiger partial charge on any atom is -0.452 e. The SMILES string of the molecule is N#CCCNC(=O)COC(=O)c1c2c(nc3ccccc13)C(=Cc1ccccc1)CCC2. The number of nitriles is 1. The van der Waals surface area contributed by atoms with Crippen LogP contribution in [0.3, 0.4) is 0 Å². The van der Waals surface area contributed by atoms with E-state index < -0.39 is 11.9 Å². The summed E-state index contributed by atoms with van der Waals surface area (Å²) in [5, 5.41) is 11.9. The van der Waals surface area contributed by atoms with E-state index in [0.717, 1.165) is 52.6 Å². The lowest BCUT2D eigenvalue weighted by Crippen LogP contribution is -2.29. The maximum atomic E-state index is 13.1. The summed E-state index contributed by atoms with van der Waals surface area (Å²) >= 11 is 0. The lowest BCUT2D eigenvalue weighted by atomic mass is 9.86. The fourth-order valence-electron chi connectivity index (χ4n) is 3.97. The van der Waals surface area contributed by atoms with Crippen molar-refractivity contribution in [2.24, 2.45) is 0 Å². The lowest BCUT2D eigenvalue weighted by Gasteiger charge is -2.22. The van der Waals surface area contributed by atoms with E-state index in [2.05, 4.69) is 11.4 Å². The average molecular weight is 425 g/mol. The van der Waals surface area contributed by atoms with Gasteiger partial charge in [0.25, 0.3) is 5.91 Å². The number of allylic oxidation sites excluding steroid dienone is 1. The summed E-state index contributed by atoms with van der Waals surface area (Å²) in [6.45, 7) is -0.156. The summed E-state index contributed by atoms with van der Waals surface area (Å²) in [5.74, 6) is -0.957. The molecule has 1 aromatic heterocycles. The number of nitrogens with one attached hydrogen (secondary N) is 1. The number of amides is 1. The molecule has 3 aromatic rings. The number of aromatic nitrogens is 1. The Morgan fingerprint density at radius 2 is 1.88 bits per heavy atom. The van der Waals surface area contributed by atoms with Crippen molar-refractivity contribution in [3.8, 4) is 6.07 Å². The Kier molecular flexibility index (Phi) is 6.57. The number of rotatable bonds is 6. The van der Waals surface area contributed by atoms with E-state index in [1.165, 1.54) is 0 Å². The van der Waals surface area contributed by atoms with Crippen molar-refractivity contribution in [3.63, 3.8) is 0 Å². The molecular formula is C26H23N3O3. The number of hydrogen-bond acceptors (Lipinski definition) is 5. The van der Waals surface area contributed by atoms with Gasteiger partial charge in [0.1, 0.15) is 0 Å². The minimum absolute atomic E-state index is 0.207. The van der Waals surface area contributed by atoms with Crippen LogP contribution >= 0.6 is 0 Å². The monoisotopic (exact) mass is 425 g/mol. The Morgan fingerprint density at radius 1 is 1.09 bits per heavy atom. The molecule has 32 heavy (non-hydrogen) atoms. The molecule has 0 radical (unpaired) electrons. The molecule has 1 heterocycles. The predicted octanol–water partition coefficient (Wildman–Crippen LogP) is 4.30. The molecule has 0 saturated heterocycles. The van der Waals surface area contributed by atoms with Gasteiger partial charge in [-0.1, -0.05) is 48.5 Å². The molecule has 0 saturated carbocycles. The first-order valence-electron chi connectivity index (χ1n) is 10.7. The van der Waals surface area contributed by atoms with Crippen LogP contribution < -0.4 is 5.32 Å². The summed E-state index contributed by atoms with van der Waals surface area (Å²) in [5.41, 5.74) is 5.07. The van der Waals surface area contributed by atoms with Gasteiger partial charge in [-0.25, -0.2) is 9.78 Å². The molecular weight excluding hydrogens is 402 g/mol. The number of benzene rings is 2. The molecule has 1 aliphatic rings. The van der Waals surface area contributed by atoms with E-state index in [1.807, 2.05) is 60.7 Å². The third-order valence-electron chi connectivity index (χ3n) is 5.41. The summed E-state index contributed by atoms with van der Waals surface area (Å²) in [6.07, 6.45) is 4.83. The van der Waals surface area contributed by atoms with E-state index in [9.17, 15) is 9.59 Å². The first-order valence-corrected chi connectivity index (χ1v) is 10.7. The fraction of sp³-hybridized carbons (Fsp3) is 0.231. The topological polar surface area (TPSA) is 92.1 Å². The van der Waals surface area contributed by atoms with Gasteiger partial charge in [-0.15, -0.1) is 0 Å². The molecule has 0 aliphatic heterocycles. The molecule has 6 nitrogen and oxygen atoms in total. The van der Waals surface area contributed by atoms with Crippen LogP contribution in [0, 0.1) is 11.3 Å². The summed E-state index contributed by atoms with van der Waals surface area (Å²) in [4.78, 5) is 30.0. The molecule has 0 spiro atoms. The highest BCUT2D eigenvalue weighted by Crippen LogP contribution is 2.36. The van der Waals surface area contributed by atoms with Gasteiger partial charge in [-0.2, -0.15) is 5.26 Å². The van der Waals surface area contributed by atoms with Crippen LogP contribution in [0.2, 0.25) is 0 Å². The van der Waals surface area contributed by atoms with Gasteiger partial charge < -0.3 is 10.1 Å². The van der Waals surface area contributed by atoms with Gasteiger partial charge >= 0.3 is 5.97 Å². The van der Waals surface area contributed by atoms with Crippen molar-refractivity contribution in [1.29, 1.82) is 5.26 Å². The number of para-hydroxylation sites is 1. The Bertz CT molecular complexity index is 1230. The number of ether oxygens (including phenoxy) is 1. The first kappa shape index (κ1) is 21.3. The van der Waals surface area contributed by atoms with Crippen molar-refractivity contribution in [1.82, 2.24) is 10.3 Å². The molecule has 0 atom stereocenters. The number of carbonyl (C=O) groups excluding carboxylic acids is 2. The van der Waals surface area contributed by atoms with Crippen molar-refractivity contribution in [2.45, 2.75) is 25.7 Å². The number of fused-ring (bicyclic) bond motifs is 2. The third kappa shape index (κ3) is 4.68. The Balaban J connectivity index is 1.70. The first-order chi connectivity index (χ1) is 15.7. The van der Waals surface area contributed by atoms with Crippen molar-refractivity contribution in [2.75, 3.05) is 13.2 Å². The summed E-state index contributed by atoms with van der Waals surface area (Å²) in [6, 6.07) is 19.5. The van der Waals surface area contributed by atoms with Gasteiger partial charge in [0, 0.05) is 11.9 Å². The minimum atomic E-state index is -0.531. The van der Waals surface area contributed by atoms with Crippen LogP contribution in [0.1, 0.15) is 46.4 Å². The fourth-order valence-corrected chi connectivity index (χ4v) is 3.97. The van der Waals surface area contributed by atoms with Crippen LogP contribution in [-0.2, 0) is 16.0 Å². The van der Waals surface area contributed by atoms with Crippen LogP contribution in [-0.4, -0.2) is 30.0 Å². The standard InChI is InChI=1S/C26H23N3O3/c27-14-7-15-28-23(30)17-32-26(31)24-20-11-4-5-13-22(20)29-25-19(10-6-12-21(24)25)16-18-8-2-1-3-9-18/h1-5,8-9,11,13,16H,6-7,10,12,15,17H2,(H,28,30). The molecule has 4 rings (SSSR count). The predicted molar refractivity (Wildman–Crippen MR) is 123 cm³/mol. The van der Waals surface area contributed by atoms with E-state index in [4.69, 9.17) is 15.0 Å². The molecule has 1 N–H and O–H groups in total.